The van der Waals surface area contributed by atoms with E-state index >= 15 is 0 Å². The second-order valence-corrected chi connectivity index (χ2v) is 13.7. The van der Waals surface area contributed by atoms with Crippen LogP contribution in [0, 0.1) is 5.92 Å². The lowest BCUT2D eigenvalue weighted by Crippen LogP contribution is -2.57. The molecule has 6 rings (SSSR count). The van der Waals surface area contributed by atoms with Crippen LogP contribution in [0.25, 0.3) is 0 Å². The van der Waals surface area contributed by atoms with Crippen molar-refractivity contribution in [2.75, 3.05) is 24.7 Å². The van der Waals surface area contributed by atoms with Crippen molar-refractivity contribution in [2.24, 2.45) is 16.8 Å². The van der Waals surface area contributed by atoms with Crippen LogP contribution in [-0.4, -0.2) is 44.4 Å². The van der Waals surface area contributed by atoms with Gasteiger partial charge in [0, 0.05) is 39.3 Å². The smallest absolute Gasteiger partial charge is 0.330 e. The van der Waals surface area contributed by atoms with E-state index in [0.717, 1.165) is 60.3 Å². The van der Waals surface area contributed by atoms with Crippen molar-refractivity contribution in [3.63, 3.8) is 0 Å². The molecule has 10 nitrogen and oxygen atoms in total. The van der Waals surface area contributed by atoms with Crippen molar-refractivity contribution in [1.82, 2.24) is 19.5 Å². The Hall–Kier alpha value is -2.50. The monoisotopic (exact) mass is 473 g/mol. The van der Waals surface area contributed by atoms with Crippen molar-refractivity contribution < 1.29 is 13.7 Å². The zero-order valence-corrected chi connectivity index (χ0v) is 19.7. The van der Waals surface area contributed by atoms with E-state index in [1.54, 1.807) is 4.68 Å². The predicted molar refractivity (Wildman–Crippen MR) is 124 cm³/mol. The van der Waals surface area contributed by atoms with E-state index in [1.165, 1.54) is 25.3 Å². The fourth-order valence-corrected chi connectivity index (χ4v) is 7.15. The zero-order chi connectivity index (χ0) is 23.0. The quantitative estimate of drug-likeness (QED) is 0.523. The van der Waals surface area contributed by atoms with Gasteiger partial charge in [0.15, 0.2) is 0 Å². The van der Waals surface area contributed by atoms with Crippen molar-refractivity contribution >= 4 is 21.2 Å². The Morgan fingerprint density at radius 3 is 2.88 bits per heavy atom. The second kappa shape index (κ2) is 6.77. The molecule has 4 aliphatic rings. The molecule has 6 N–H and O–H groups in total. The van der Waals surface area contributed by atoms with E-state index in [1.807, 2.05) is 0 Å². The van der Waals surface area contributed by atoms with E-state index in [2.05, 4.69) is 15.1 Å². The summed E-state index contributed by atoms with van der Waals surface area (Å²) in [6.45, 7) is 1.41. The molecule has 1 atom stereocenters. The Morgan fingerprint density at radius 2 is 2.12 bits per heavy atom. The molecule has 0 aromatic carbocycles. The van der Waals surface area contributed by atoms with Gasteiger partial charge in [-0.15, -0.1) is 0 Å². The molecule has 33 heavy (non-hydrogen) atoms. The number of carbonyl (C=O) groups excluding carboxylic acids is 1. The van der Waals surface area contributed by atoms with Crippen LogP contribution < -0.4 is 25.6 Å². The molecule has 2 aromatic rings. The van der Waals surface area contributed by atoms with Crippen molar-refractivity contribution in [1.29, 1.82) is 0 Å². The predicted octanol–water partition coefficient (Wildman–Crippen LogP) is 1.13. The summed E-state index contributed by atoms with van der Waals surface area (Å²) < 4.78 is 23.9. The topological polar surface area (TPSA) is 150 Å². The minimum atomic E-state index is -4.29. The van der Waals surface area contributed by atoms with Crippen molar-refractivity contribution in [3.8, 4) is 5.88 Å². The third-order valence-electron chi connectivity index (χ3n) is 7.65. The highest BCUT2D eigenvalue weighted by Gasteiger charge is 2.51. The van der Waals surface area contributed by atoms with E-state index < -0.39 is 15.5 Å². The first kappa shape index (κ1) is 21.1. The summed E-state index contributed by atoms with van der Waals surface area (Å²) in [7, 11) is -4.29. The minimum absolute atomic E-state index is 0.122. The number of aromatic nitrogens is 3. The number of amides is 2. The standard InChI is InChI=1S/C22H31N7O3S/c1-33(24,31,17-10-25-29-11-13(9-23)12-32-20(17)29)28-21(30)27-18-14-3-2-4-16(14)26-19-15(18)5-6-22(19)7-8-22/h10,13H,2-9,11-12,23H2,1H3,(H4,24,26,27,28,30,31). The maximum absolute atomic E-state index is 13.9. The van der Waals surface area contributed by atoms with Crippen LogP contribution in [0.1, 0.15) is 48.2 Å². The van der Waals surface area contributed by atoms with Gasteiger partial charge in [0.05, 0.1) is 30.7 Å². The fraction of sp³-hybridized carbons (Fsp3) is 0.591. The number of nitrogens with one attached hydrogen (secondary N) is 2. The summed E-state index contributed by atoms with van der Waals surface area (Å²) in [5.74, 6) is 0.445. The van der Waals surface area contributed by atoms with Gasteiger partial charge in [-0.05, 0) is 56.1 Å². The van der Waals surface area contributed by atoms with Crippen LogP contribution >= 0.6 is 0 Å². The van der Waals surface area contributed by atoms with Crippen molar-refractivity contribution in [2.45, 2.75) is 61.8 Å². The first-order chi connectivity index (χ1) is 15.7. The van der Waals surface area contributed by atoms with Gasteiger partial charge in [-0.1, -0.05) is 0 Å². The van der Waals surface area contributed by atoms with Gasteiger partial charge in [0.1, 0.15) is 4.90 Å². The van der Waals surface area contributed by atoms with E-state index in [9.17, 15) is 9.00 Å². The highest BCUT2D eigenvalue weighted by atomic mass is 32.3. The third kappa shape index (κ3) is 3.28. The summed E-state index contributed by atoms with van der Waals surface area (Å²) >= 11 is 0. The number of rotatable bonds is 4. The first-order valence-electron chi connectivity index (χ1n) is 11.7. The first-order valence-corrected chi connectivity index (χ1v) is 14.1. The summed E-state index contributed by atoms with van der Waals surface area (Å²) in [5, 5.41) is 13.7. The lowest BCUT2D eigenvalue weighted by atomic mass is 10.0. The maximum atomic E-state index is 13.9. The highest BCUT2D eigenvalue weighted by molar-refractivity contribution is 8.16. The van der Waals surface area contributed by atoms with Gasteiger partial charge in [-0.3, -0.25) is 14.8 Å². The van der Waals surface area contributed by atoms with E-state index in [-0.39, 0.29) is 16.2 Å². The Bertz CT molecular complexity index is 1240. The molecule has 2 aromatic heterocycles. The summed E-state index contributed by atoms with van der Waals surface area (Å²) in [5.41, 5.74) is 11.3. The maximum Gasteiger partial charge on any atom is 0.330 e. The van der Waals surface area contributed by atoms with Gasteiger partial charge in [-0.25, -0.2) is 13.7 Å². The number of nitrogens with zero attached hydrogens (tertiary/aromatic N) is 3. The summed E-state index contributed by atoms with van der Waals surface area (Å²) in [6.07, 6.45) is 9.95. The molecule has 11 heteroatoms. The third-order valence-corrected chi connectivity index (χ3v) is 9.71. The number of pyridine rings is 1. The number of hydrogen-bond donors (Lipinski definition) is 4. The van der Waals surface area contributed by atoms with Gasteiger partial charge in [0.2, 0.25) is 5.88 Å². The second-order valence-electron chi connectivity index (χ2n) is 10.2. The van der Waals surface area contributed by atoms with Crippen LogP contribution in [0.5, 0.6) is 5.88 Å². The number of aryl methyl sites for hydroxylation is 1. The fourth-order valence-electron chi connectivity index (χ4n) is 5.62. The molecule has 0 bridgehead atoms. The van der Waals surface area contributed by atoms with Gasteiger partial charge < -0.3 is 15.8 Å². The zero-order valence-electron chi connectivity index (χ0n) is 18.9. The molecule has 3 aliphatic carbocycles. The average Bonchev–Trinajstić information content (AvgIpc) is 3.10. The normalized spacial score (nSPS) is 23.1. The molecular weight excluding hydrogens is 442 g/mol. The van der Waals surface area contributed by atoms with Crippen LogP contribution in [0.4, 0.5) is 10.5 Å². The Morgan fingerprint density at radius 1 is 1.30 bits per heavy atom. The number of fused-ring (bicyclic) bond motifs is 4. The SMILES string of the molecule is CS(N)(=O)(NC(=O)Nc1c2c(nc3c1CCC31CC1)CCC2)c1cnn2c1OCC(CN)C2. The molecule has 178 valence electrons. The largest absolute Gasteiger partial charge is 0.477 e. The Kier molecular flexibility index (Phi) is 4.32. The van der Waals surface area contributed by atoms with E-state index in [4.69, 9.17) is 20.6 Å². The van der Waals surface area contributed by atoms with Crippen LogP contribution in [-0.2, 0) is 40.7 Å². The number of urea groups is 1. The minimum Gasteiger partial charge on any atom is -0.477 e. The van der Waals surface area contributed by atoms with Crippen LogP contribution in [0.2, 0.25) is 0 Å². The van der Waals surface area contributed by atoms with Crippen molar-refractivity contribution in [3.05, 3.63) is 28.7 Å². The van der Waals surface area contributed by atoms with Crippen LogP contribution in [0.15, 0.2) is 11.1 Å². The summed E-state index contributed by atoms with van der Waals surface area (Å²) in [6, 6.07) is -0.591. The molecule has 0 radical (unpaired) electrons. The summed E-state index contributed by atoms with van der Waals surface area (Å²) in [4.78, 5) is 18.4. The molecule has 1 unspecified atom stereocenters. The molecule has 0 saturated heterocycles. The van der Waals surface area contributed by atoms with E-state index in [0.29, 0.717) is 25.6 Å². The number of nitrogens with two attached hydrogens (primary N) is 2. The molecule has 1 aliphatic heterocycles. The average molecular weight is 474 g/mol. The lowest BCUT2D eigenvalue weighted by molar-refractivity contribution is 0.164. The highest BCUT2D eigenvalue weighted by Crippen LogP contribution is 2.58. The molecule has 1 saturated carbocycles. The van der Waals surface area contributed by atoms with Gasteiger partial charge >= 0.3 is 6.03 Å². The molecule has 1 fully saturated rings. The van der Waals surface area contributed by atoms with Crippen LogP contribution in [0.3, 0.4) is 0 Å². The van der Waals surface area contributed by atoms with Gasteiger partial charge in [-0.2, -0.15) is 5.10 Å². The number of ether oxygens (including phenoxy) is 1. The molecular formula is C22H31N7O3S. The Labute approximate surface area is 192 Å². The lowest BCUT2D eigenvalue weighted by Gasteiger charge is -2.35. The molecule has 1 spiro atoms. The number of carbonyl (C=O) groups is 1. The Balaban J connectivity index is 1.29. The molecule has 2 amide bonds. The number of anilines is 1. The van der Waals surface area contributed by atoms with Gasteiger partial charge in [0.25, 0.3) is 0 Å². The number of hydrogen-bond acceptors (Lipinski definition) is 6. The molecule has 3 heterocycles.